The fourth-order valence-corrected chi connectivity index (χ4v) is 4.17. The van der Waals surface area contributed by atoms with Gasteiger partial charge >= 0.3 is 0 Å². The number of rotatable bonds is 2. The van der Waals surface area contributed by atoms with Crippen molar-refractivity contribution in [1.82, 2.24) is 4.90 Å². The maximum Gasteiger partial charge on any atom is 0.0606 e. The summed E-state index contributed by atoms with van der Waals surface area (Å²) in [6.07, 6.45) is 8.58. The van der Waals surface area contributed by atoms with Crippen LogP contribution in [-0.4, -0.2) is 35.7 Å². The summed E-state index contributed by atoms with van der Waals surface area (Å²) in [6.45, 7) is 16.2. The zero-order valence-electron chi connectivity index (χ0n) is 15.2. The van der Waals surface area contributed by atoms with E-state index in [1.807, 2.05) is 0 Å². The molecule has 1 aliphatic carbocycles. The number of piperidine rings is 1. The Labute approximate surface area is 132 Å². The second kappa shape index (κ2) is 6.58. The third kappa shape index (κ3) is 5.25. The Morgan fingerprint density at radius 2 is 1.29 bits per heavy atom. The molecule has 0 N–H and O–H groups in total. The van der Waals surface area contributed by atoms with Gasteiger partial charge in [-0.05, 0) is 70.6 Å². The molecule has 0 aromatic carbocycles. The standard InChI is InChI=1S/C19H37NO/c1-18(2,3)15-7-9-16(10-8-15)20-13-11-17(12-14-20)21-19(4,5)6/h15-17H,7-14H2,1-6H3. The monoisotopic (exact) mass is 295 g/mol. The van der Waals surface area contributed by atoms with Crippen LogP contribution in [0.3, 0.4) is 0 Å². The first kappa shape index (κ1) is 17.3. The second-order valence-corrected chi connectivity index (χ2v) is 9.34. The molecule has 0 radical (unpaired) electrons. The lowest BCUT2D eigenvalue weighted by Crippen LogP contribution is -2.46. The van der Waals surface area contributed by atoms with E-state index in [4.69, 9.17) is 4.74 Å². The van der Waals surface area contributed by atoms with Gasteiger partial charge in [0.25, 0.3) is 0 Å². The molecule has 124 valence electrons. The number of hydrogen-bond donors (Lipinski definition) is 0. The molecule has 1 heterocycles. The van der Waals surface area contributed by atoms with Crippen molar-refractivity contribution in [2.24, 2.45) is 11.3 Å². The summed E-state index contributed by atoms with van der Waals surface area (Å²) < 4.78 is 6.15. The Morgan fingerprint density at radius 3 is 1.71 bits per heavy atom. The predicted molar refractivity (Wildman–Crippen MR) is 90.6 cm³/mol. The van der Waals surface area contributed by atoms with Crippen LogP contribution in [0, 0.1) is 11.3 Å². The van der Waals surface area contributed by atoms with Crippen molar-refractivity contribution in [3.05, 3.63) is 0 Å². The number of nitrogens with zero attached hydrogens (tertiary/aromatic N) is 1. The van der Waals surface area contributed by atoms with Crippen LogP contribution >= 0.6 is 0 Å². The smallest absolute Gasteiger partial charge is 0.0606 e. The molecule has 2 nitrogen and oxygen atoms in total. The SMILES string of the molecule is CC(C)(C)OC1CCN(C2CCC(C(C)(C)C)CC2)CC1. The first-order chi connectivity index (χ1) is 9.65. The maximum absolute atomic E-state index is 6.15. The second-order valence-electron chi connectivity index (χ2n) is 9.34. The number of ether oxygens (including phenoxy) is 1. The van der Waals surface area contributed by atoms with Gasteiger partial charge in [-0.15, -0.1) is 0 Å². The van der Waals surface area contributed by atoms with Crippen molar-refractivity contribution in [2.75, 3.05) is 13.1 Å². The first-order valence-corrected chi connectivity index (χ1v) is 9.07. The van der Waals surface area contributed by atoms with E-state index in [1.54, 1.807) is 0 Å². The van der Waals surface area contributed by atoms with Crippen LogP contribution in [0.2, 0.25) is 0 Å². The van der Waals surface area contributed by atoms with Crippen molar-refractivity contribution < 1.29 is 4.74 Å². The molecule has 2 rings (SSSR count). The quantitative estimate of drug-likeness (QED) is 0.720. The molecule has 2 heteroatoms. The number of hydrogen-bond acceptors (Lipinski definition) is 2. The van der Waals surface area contributed by atoms with E-state index in [0.717, 1.165) is 12.0 Å². The van der Waals surface area contributed by atoms with Crippen LogP contribution in [0.25, 0.3) is 0 Å². The van der Waals surface area contributed by atoms with Crippen LogP contribution in [-0.2, 0) is 4.74 Å². The topological polar surface area (TPSA) is 12.5 Å². The van der Waals surface area contributed by atoms with Gasteiger partial charge in [0.1, 0.15) is 0 Å². The van der Waals surface area contributed by atoms with Crippen molar-refractivity contribution in [3.63, 3.8) is 0 Å². The molecule has 2 fully saturated rings. The lowest BCUT2D eigenvalue weighted by atomic mass is 9.71. The lowest BCUT2D eigenvalue weighted by Gasteiger charge is -2.44. The normalized spacial score (nSPS) is 30.6. The van der Waals surface area contributed by atoms with Gasteiger partial charge in [0, 0.05) is 19.1 Å². The lowest BCUT2D eigenvalue weighted by molar-refractivity contribution is -0.0874. The minimum atomic E-state index is 0.0115. The van der Waals surface area contributed by atoms with Gasteiger partial charge in [-0.1, -0.05) is 20.8 Å². The molecular formula is C19H37NO. The van der Waals surface area contributed by atoms with Crippen LogP contribution < -0.4 is 0 Å². The molecule has 1 saturated heterocycles. The summed E-state index contributed by atoms with van der Waals surface area (Å²) in [6, 6.07) is 0.846. The van der Waals surface area contributed by atoms with Gasteiger partial charge in [-0.2, -0.15) is 0 Å². The highest BCUT2D eigenvalue weighted by atomic mass is 16.5. The minimum absolute atomic E-state index is 0.0115. The summed E-state index contributed by atoms with van der Waals surface area (Å²) in [5.41, 5.74) is 0.510. The molecule has 0 amide bonds. The third-order valence-electron chi connectivity index (χ3n) is 5.43. The number of likely N-dealkylation sites (tertiary alicyclic amines) is 1. The van der Waals surface area contributed by atoms with Crippen molar-refractivity contribution in [3.8, 4) is 0 Å². The molecule has 0 aromatic rings. The van der Waals surface area contributed by atoms with E-state index < -0.39 is 0 Å². The largest absolute Gasteiger partial charge is 0.373 e. The van der Waals surface area contributed by atoms with Crippen LogP contribution in [0.15, 0.2) is 0 Å². The van der Waals surface area contributed by atoms with Gasteiger partial charge in [0.2, 0.25) is 0 Å². The van der Waals surface area contributed by atoms with Crippen LogP contribution in [0.4, 0.5) is 0 Å². The molecule has 2 aliphatic rings. The average Bonchev–Trinajstić information content (AvgIpc) is 2.37. The maximum atomic E-state index is 6.15. The van der Waals surface area contributed by atoms with E-state index >= 15 is 0 Å². The molecule has 0 atom stereocenters. The first-order valence-electron chi connectivity index (χ1n) is 9.07. The highest BCUT2D eigenvalue weighted by Gasteiger charge is 2.33. The Bertz CT molecular complexity index is 309. The molecule has 1 aliphatic heterocycles. The van der Waals surface area contributed by atoms with Gasteiger partial charge in [-0.3, -0.25) is 0 Å². The summed E-state index contributed by atoms with van der Waals surface area (Å²) >= 11 is 0. The molecular weight excluding hydrogens is 258 g/mol. The Morgan fingerprint density at radius 1 is 0.762 bits per heavy atom. The van der Waals surface area contributed by atoms with Gasteiger partial charge in [-0.25, -0.2) is 0 Å². The third-order valence-corrected chi connectivity index (χ3v) is 5.43. The molecule has 0 aromatic heterocycles. The highest BCUT2D eigenvalue weighted by Crippen LogP contribution is 2.39. The van der Waals surface area contributed by atoms with Gasteiger partial charge in [0.15, 0.2) is 0 Å². The average molecular weight is 296 g/mol. The fraction of sp³-hybridized carbons (Fsp3) is 1.00. The molecule has 1 saturated carbocycles. The van der Waals surface area contributed by atoms with Gasteiger partial charge in [0.05, 0.1) is 11.7 Å². The summed E-state index contributed by atoms with van der Waals surface area (Å²) in [7, 11) is 0. The fourth-order valence-electron chi connectivity index (χ4n) is 4.17. The Balaban J connectivity index is 1.74. The molecule has 0 spiro atoms. The van der Waals surface area contributed by atoms with Crippen LogP contribution in [0.5, 0.6) is 0 Å². The van der Waals surface area contributed by atoms with E-state index in [2.05, 4.69) is 46.4 Å². The molecule has 0 unspecified atom stereocenters. The summed E-state index contributed by atoms with van der Waals surface area (Å²) in [5, 5.41) is 0. The predicted octanol–water partition coefficient (Wildman–Crippen LogP) is 4.87. The van der Waals surface area contributed by atoms with Crippen molar-refractivity contribution in [2.45, 2.75) is 97.8 Å². The van der Waals surface area contributed by atoms with E-state index in [1.165, 1.54) is 51.6 Å². The van der Waals surface area contributed by atoms with E-state index in [9.17, 15) is 0 Å². The molecule has 0 bridgehead atoms. The minimum Gasteiger partial charge on any atom is -0.373 e. The summed E-state index contributed by atoms with van der Waals surface area (Å²) in [5.74, 6) is 0.926. The Kier molecular flexibility index (Phi) is 5.41. The zero-order valence-corrected chi connectivity index (χ0v) is 15.2. The van der Waals surface area contributed by atoms with E-state index in [-0.39, 0.29) is 5.60 Å². The van der Waals surface area contributed by atoms with Crippen molar-refractivity contribution in [1.29, 1.82) is 0 Å². The zero-order chi connectivity index (χ0) is 15.7. The van der Waals surface area contributed by atoms with E-state index in [0.29, 0.717) is 11.5 Å². The Hall–Kier alpha value is -0.0800. The summed E-state index contributed by atoms with van der Waals surface area (Å²) in [4.78, 5) is 2.75. The van der Waals surface area contributed by atoms with Gasteiger partial charge < -0.3 is 9.64 Å². The highest BCUT2D eigenvalue weighted by molar-refractivity contribution is 4.87. The van der Waals surface area contributed by atoms with Crippen molar-refractivity contribution >= 4 is 0 Å². The van der Waals surface area contributed by atoms with Crippen LogP contribution in [0.1, 0.15) is 80.1 Å². The molecule has 21 heavy (non-hydrogen) atoms.